The molecule has 0 bridgehead atoms. The first-order valence-corrected chi connectivity index (χ1v) is 12.3. The average molecular weight is 500 g/mol. The van der Waals surface area contributed by atoms with Crippen LogP contribution in [0.15, 0.2) is 53.4 Å². The molecular formula is C22H27Cl2N3O4S. The highest BCUT2D eigenvalue weighted by molar-refractivity contribution is 7.89. The Labute approximate surface area is 199 Å². The van der Waals surface area contributed by atoms with Crippen molar-refractivity contribution in [3.05, 3.63) is 64.1 Å². The number of amides is 2. The van der Waals surface area contributed by atoms with E-state index in [4.69, 9.17) is 23.2 Å². The van der Waals surface area contributed by atoms with E-state index in [0.29, 0.717) is 16.6 Å². The number of carbonyl (C=O) groups excluding carboxylic acids is 2. The molecule has 0 aliphatic rings. The van der Waals surface area contributed by atoms with Crippen LogP contribution in [0.4, 0.5) is 0 Å². The van der Waals surface area contributed by atoms with Gasteiger partial charge in [0.2, 0.25) is 21.8 Å². The maximum atomic E-state index is 13.2. The zero-order chi connectivity index (χ0) is 23.9. The highest BCUT2D eigenvalue weighted by Crippen LogP contribution is 2.19. The molecule has 32 heavy (non-hydrogen) atoms. The normalized spacial score (nSPS) is 12.4. The SMILES string of the molecule is CCCNC(=O)[C@H](C)N(Cc1cccc(Cl)c1)C(=O)CN(C)S(=O)(=O)c1ccc(Cl)cc1. The summed E-state index contributed by atoms with van der Waals surface area (Å²) in [5.74, 6) is -0.824. The van der Waals surface area contributed by atoms with Gasteiger partial charge in [-0.1, -0.05) is 42.3 Å². The molecule has 2 rings (SSSR count). The Bertz CT molecular complexity index is 1050. The molecule has 0 fully saturated rings. The molecule has 2 amide bonds. The van der Waals surface area contributed by atoms with Crippen LogP contribution in [0.25, 0.3) is 0 Å². The molecule has 7 nitrogen and oxygen atoms in total. The van der Waals surface area contributed by atoms with Crippen molar-refractivity contribution in [2.75, 3.05) is 20.1 Å². The van der Waals surface area contributed by atoms with Crippen molar-refractivity contribution in [2.45, 2.75) is 37.8 Å². The number of nitrogens with zero attached hydrogens (tertiary/aromatic N) is 2. The second-order valence-corrected chi connectivity index (χ2v) is 10.3. The van der Waals surface area contributed by atoms with Crippen LogP contribution in [0.5, 0.6) is 0 Å². The first-order valence-electron chi connectivity index (χ1n) is 10.1. The minimum absolute atomic E-state index is 0.0207. The third kappa shape index (κ3) is 6.93. The molecule has 1 atom stereocenters. The molecule has 0 aromatic heterocycles. The number of rotatable bonds is 10. The molecule has 174 valence electrons. The van der Waals surface area contributed by atoms with Crippen LogP contribution < -0.4 is 5.32 Å². The van der Waals surface area contributed by atoms with Gasteiger partial charge in [-0.25, -0.2) is 8.42 Å². The number of carbonyl (C=O) groups is 2. The lowest BCUT2D eigenvalue weighted by atomic mass is 10.1. The van der Waals surface area contributed by atoms with Crippen molar-refractivity contribution in [3.63, 3.8) is 0 Å². The van der Waals surface area contributed by atoms with Gasteiger partial charge in [0, 0.05) is 30.2 Å². The monoisotopic (exact) mass is 499 g/mol. The van der Waals surface area contributed by atoms with E-state index >= 15 is 0 Å². The number of hydrogen-bond donors (Lipinski definition) is 1. The van der Waals surface area contributed by atoms with Crippen LogP contribution in [0.2, 0.25) is 10.0 Å². The third-order valence-electron chi connectivity index (χ3n) is 4.84. The van der Waals surface area contributed by atoms with Gasteiger partial charge in [0.15, 0.2) is 0 Å². The van der Waals surface area contributed by atoms with E-state index in [1.54, 1.807) is 31.2 Å². The summed E-state index contributed by atoms with van der Waals surface area (Å²) in [5, 5.41) is 3.68. The molecule has 10 heteroatoms. The van der Waals surface area contributed by atoms with E-state index in [1.165, 1.54) is 36.2 Å². The zero-order valence-electron chi connectivity index (χ0n) is 18.2. The number of hydrogen-bond acceptors (Lipinski definition) is 4. The minimum Gasteiger partial charge on any atom is -0.354 e. The fourth-order valence-corrected chi connectivity index (χ4v) is 4.42. The van der Waals surface area contributed by atoms with Crippen molar-refractivity contribution in [1.29, 1.82) is 0 Å². The number of nitrogens with one attached hydrogen (secondary N) is 1. The van der Waals surface area contributed by atoms with Crippen LogP contribution in [0, 0.1) is 0 Å². The van der Waals surface area contributed by atoms with Gasteiger partial charge < -0.3 is 10.2 Å². The average Bonchev–Trinajstić information content (AvgIpc) is 2.75. The lowest BCUT2D eigenvalue weighted by Crippen LogP contribution is -2.50. The van der Waals surface area contributed by atoms with Crippen molar-refractivity contribution < 1.29 is 18.0 Å². The van der Waals surface area contributed by atoms with Gasteiger partial charge >= 0.3 is 0 Å². The van der Waals surface area contributed by atoms with Crippen LogP contribution in [0.1, 0.15) is 25.8 Å². The summed E-state index contributed by atoms with van der Waals surface area (Å²) >= 11 is 11.9. The molecular weight excluding hydrogens is 473 g/mol. The number of likely N-dealkylation sites (N-methyl/N-ethyl adjacent to an activating group) is 1. The zero-order valence-corrected chi connectivity index (χ0v) is 20.5. The van der Waals surface area contributed by atoms with Crippen molar-refractivity contribution >= 4 is 45.0 Å². The van der Waals surface area contributed by atoms with Gasteiger partial charge in [-0.05, 0) is 55.3 Å². The Morgan fingerprint density at radius 3 is 2.31 bits per heavy atom. The van der Waals surface area contributed by atoms with Gasteiger partial charge in [0.05, 0.1) is 11.4 Å². The molecule has 2 aromatic carbocycles. The summed E-state index contributed by atoms with van der Waals surface area (Å²) in [4.78, 5) is 27.1. The van der Waals surface area contributed by atoms with Crippen molar-refractivity contribution in [3.8, 4) is 0 Å². The second-order valence-electron chi connectivity index (χ2n) is 7.33. The number of sulfonamides is 1. The Hall–Kier alpha value is -2.13. The molecule has 1 N–H and O–H groups in total. The molecule has 0 radical (unpaired) electrons. The van der Waals surface area contributed by atoms with Crippen molar-refractivity contribution in [2.24, 2.45) is 0 Å². The summed E-state index contributed by atoms with van der Waals surface area (Å²) in [6.45, 7) is 3.69. The molecule has 0 spiro atoms. The molecule has 2 aromatic rings. The predicted octanol–water partition coefficient (Wildman–Crippen LogP) is 3.56. The first kappa shape index (κ1) is 26.1. The summed E-state index contributed by atoms with van der Waals surface area (Å²) in [6.07, 6.45) is 0.753. The maximum absolute atomic E-state index is 13.2. The quantitative estimate of drug-likeness (QED) is 0.541. The number of halogens is 2. The summed E-state index contributed by atoms with van der Waals surface area (Å²) in [5.41, 5.74) is 0.726. The smallest absolute Gasteiger partial charge is 0.243 e. The molecule has 0 saturated heterocycles. The largest absolute Gasteiger partial charge is 0.354 e. The fourth-order valence-electron chi connectivity index (χ4n) is 2.96. The highest BCUT2D eigenvalue weighted by Gasteiger charge is 2.30. The topological polar surface area (TPSA) is 86.8 Å². The second kappa shape index (κ2) is 11.7. The van der Waals surface area contributed by atoms with E-state index in [-0.39, 0.29) is 17.3 Å². The molecule has 0 unspecified atom stereocenters. The Morgan fingerprint density at radius 1 is 1.06 bits per heavy atom. The molecule has 0 heterocycles. The van der Waals surface area contributed by atoms with E-state index in [0.717, 1.165) is 16.3 Å². The summed E-state index contributed by atoms with van der Waals surface area (Å²) in [7, 11) is -2.60. The summed E-state index contributed by atoms with van der Waals surface area (Å²) in [6, 6.07) is 11.8. The lowest BCUT2D eigenvalue weighted by Gasteiger charge is -2.30. The Balaban J connectivity index is 2.25. The minimum atomic E-state index is -3.92. The van der Waals surface area contributed by atoms with Gasteiger partial charge in [-0.2, -0.15) is 4.31 Å². The molecule has 0 aliphatic heterocycles. The first-order chi connectivity index (χ1) is 15.1. The van der Waals surface area contributed by atoms with Gasteiger partial charge in [0.25, 0.3) is 0 Å². The van der Waals surface area contributed by atoms with E-state index in [1.807, 2.05) is 6.92 Å². The van der Waals surface area contributed by atoms with Gasteiger partial charge in [-0.3, -0.25) is 9.59 Å². The standard InChI is InChI=1S/C22H27Cl2N3O4S/c1-4-12-25-22(29)16(2)27(14-17-6-5-7-19(24)13-17)21(28)15-26(3)32(30,31)20-10-8-18(23)9-11-20/h5-11,13,16H,4,12,14-15H2,1-3H3,(H,25,29)/t16-/m0/s1. The van der Waals surface area contributed by atoms with Crippen molar-refractivity contribution in [1.82, 2.24) is 14.5 Å². The third-order valence-corrected chi connectivity index (χ3v) is 7.14. The maximum Gasteiger partial charge on any atom is 0.243 e. The van der Waals surface area contributed by atoms with E-state index < -0.39 is 28.5 Å². The van der Waals surface area contributed by atoms with Crippen LogP contribution in [-0.4, -0.2) is 55.6 Å². The van der Waals surface area contributed by atoms with Gasteiger partial charge in [0.1, 0.15) is 6.04 Å². The lowest BCUT2D eigenvalue weighted by molar-refractivity contribution is -0.140. The van der Waals surface area contributed by atoms with Crippen LogP contribution in [0.3, 0.4) is 0 Å². The van der Waals surface area contributed by atoms with Crippen LogP contribution in [-0.2, 0) is 26.2 Å². The Morgan fingerprint density at radius 2 is 1.72 bits per heavy atom. The summed E-state index contributed by atoms with van der Waals surface area (Å²) < 4.78 is 26.7. The van der Waals surface area contributed by atoms with Gasteiger partial charge in [-0.15, -0.1) is 0 Å². The van der Waals surface area contributed by atoms with E-state index in [2.05, 4.69) is 5.32 Å². The Kier molecular flexibility index (Phi) is 9.51. The molecule has 0 aliphatic carbocycles. The van der Waals surface area contributed by atoms with Crippen LogP contribution >= 0.6 is 23.2 Å². The number of benzene rings is 2. The van der Waals surface area contributed by atoms with E-state index in [9.17, 15) is 18.0 Å². The predicted molar refractivity (Wildman–Crippen MR) is 126 cm³/mol. The molecule has 0 saturated carbocycles. The highest BCUT2D eigenvalue weighted by atomic mass is 35.5. The fraction of sp³-hybridized carbons (Fsp3) is 0.364.